The van der Waals surface area contributed by atoms with Gasteiger partial charge in [-0.15, -0.1) is 0 Å². The van der Waals surface area contributed by atoms with Gasteiger partial charge >= 0.3 is 0 Å². The van der Waals surface area contributed by atoms with Gasteiger partial charge < -0.3 is 4.74 Å². The summed E-state index contributed by atoms with van der Waals surface area (Å²) in [4.78, 5) is 4.73. The van der Waals surface area contributed by atoms with E-state index >= 15 is 0 Å². The van der Waals surface area contributed by atoms with Crippen molar-refractivity contribution >= 4 is 21.8 Å². The van der Waals surface area contributed by atoms with Crippen molar-refractivity contribution in [3.8, 4) is 34.1 Å². The van der Waals surface area contributed by atoms with Gasteiger partial charge in [-0.05, 0) is 123 Å². The first-order valence-electron chi connectivity index (χ1n) is 16.3. The van der Waals surface area contributed by atoms with Crippen LogP contribution in [-0.4, -0.2) is 19.3 Å². The minimum absolute atomic E-state index is 0.0961. The number of aryl methyl sites for hydroxylation is 5. The SMILES string of the molecule is Cc1cc(Oc2ccc3c4ccccc4n(-c4cc(C)ccn4)c3c2)cc(-n2nc(C)c(-c3c(C)cc(C(C)(C)C)cc3C)c2C)c1. The molecule has 47 heavy (non-hydrogen) atoms. The summed E-state index contributed by atoms with van der Waals surface area (Å²) in [6, 6.07) is 30.0. The van der Waals surface area contributed by atoms with E-state index in [1.807, 2.05) is 12.3 Å². The zero-order valence-corrected chi connectivity index (χ0v) is 28.9. The first-order valence-corrected chi connectivity index (χ1v) is 16.3. The Labute approximate surface area is 277 Å². The van der Waals surface area contributed by atoms with E-state index in [4.69, 9.17) is 14.8 Å². The van der Waals surface area contributed by atoms with Crippen LogP contribution in [0.1, 0.15) is 60.0 Å². The Bertz CT molecular complexity index is 2310. The average molecular weight is 619 g/mol. The Kier molecular flexibility index (Phi) is 7.31. The fourth-order valence-corrected chi connectivity index (χ4v) is 7.00. The molecule has 0 bridgehead atoms. The number of rotatable bonds is 5. The van der Waals surface area contributed by atoms with Crippen molar-refractivity contribution in [3.63, 3.8) is 0 Å². The Balaban J connectivity index is 1.29. The van der Waals surface area contributed by atoms with Gasteiger partial charge in [-0.2, -0.15) is 5.10 Å². The summed E-state index contributed by atoms with van der Waals surface area (Å²) in [6.45, 7) is 19.7. The summed E-state index contributed by atoms with van der Waals surface area (Å²) in [5.74, 6) is 2.43. The Morgan fingerprint density at radius 2 is 1.36 bits per heavy atom. The molecule has 0 unspecified atom stereocenters. The lowest BCUT2D eigenvalue weighted by molar-refractivity contribution is 0.482. The van der Waals surface area contributed by atoms with Gasteiger partial charge in [0.1, 0.15) is 17.3 Å². The van der Waals surface area contributed by atoms with Gasteiger partial charge in [-0.1, -0.05) is 51.1 Å². The van der Waals surface area contributed by atoms with E-state index in [0.29, 0.717) is 0 Å². The molecule has 0 aliphatic heterocycles. The number of nitrogens with zero attached hydrogens (tertiary/aromatic N) is 4. The van der Waals surface area contributed by atoms with E-state index in [1.54, 1.807) is 0 Å². The van der Waals surface area contributed by atoms with Crippen LogP contribution in [0, 0.1) is 41.5 Å². The van der Waals surface area contributed by atoms with Gasteiger partial charge in [-0.3, -0.25) is 4.57 Å². The van der Waals surface area contributed by atoms with Crippen molar-refractivity contribution in [2.45, 2.75) is 67.7 Å². The summed E-state index contributed by atoms with van der Waals surface area (Å²) in [5.41, 5.74) is 14.0. The standard InChI is InChI=1S/C42H42N4O/c1-25-16-17-43-39(20-25)45-37-13-11-10-12-35(37)36-15-14-33(24-38(36)45)47-34-19-26(2)18-32(23-34)46-30(6)41(29(5)44-46)40-27(3)21-31(22-28(40)4)42(7,8)9/h10-24H,1-9H3. The van der Waals surface area contributed by atoms with Gasteiger partial charge in [-0.25, -0.2) is 9.67 Å². The van der Waals surface area contributed by atoms with E-state index in [9.17, 15) is 0 Å². The number of benzene rings is 4. The van der Waals surface area contributed by atoms with Crippen LogP contribution < -0.4 is 4.74 Å². The lowest BCUT2D eigenvalue weighted by Gasteiger charge is -2.22. The lowest BCUT2D eigenvalue weighted by Crippen LogP contribution is -2.12. The number of hydrogen-bond acceptors (Lipinski definition) is 3. The lowest BCUT2D eigenvalue weighted by atomic mass is 9.82. The highest BCUT2D eigenvalue weighted by atomic mass is 16.5. The third-order valence-corrected chi connectivity index (χ3v) is 9.23. The molecule has 3 heterocycles. The highest BCUT2D eigenvalue weighted by Gasteiger charge is 2.22. The molecule has 236 valence electrons. The molecule has 0 atom stereocenters. The van der Waals surface area contributed by atoms with Gasteiger partial charge in [0, 0.05) is 40.4 Å². The molecule has 7 rings (SSSR count). The van der Waals surface area contributed by atoms with Crippen molar-refractivity contribution in [3.05, 3.63) is 130 Å². The monoisotopic (exact) mass is 618 g/mol. The molecule has 0 amide bonds. The fraction of sp³-hybridized carbons (Fsp3) is 0.238. The van der Waals surface area contributed by atoms with Crippen molar-refractivity contribution in [1.82, 2.24) is 19.3 Å². The van der Waals surface area contributed by atoms with Crippen LogP contribution in [0.3, 0.4) is 0 Å². The van der Waals surface area contributed by atoms with Gasteiger partial charge in [0.25, 0.3) is 0 Å². The van der Waals surface area contributed by atoms with E-state index in [2.05, 4.69) is 150 Å². The molecule has 5 nitrogen and oxygen atoms in total. The molecule has 0 saturated carbocycles. The van der Waals surface area contributed by atoms with Gasteiger partial charge in [0.15, 0.2) is 0 Å². The molecule has 0 spiro atoms. The third-order valence-electron chi connectivity index (χ3n) is 9.23. The van der Waals surface area contributed by atoms with E-state index in [0.717, 1.165) is 56.4 Å². The number of hydrogen-bond donors (Lipinski definition) is 0. The molecule has 3 aromatic heterocycles. The summed E-state index contributed by atoms with van der Waals surface area (Å²) in [7, 11) is 0. The van der Waals surface area contributed by atoms with E-state index in [1.165, 1.54) is 38.8 Å². The molecule has 0 saturated heterocycles. The molecular formula is C42H42N4O. The normalized spacial score (nSPS) is 11.9. The van der Waals surface area contributed by atoms with Crippen molar-refractivity contribution < 1.29 is 4.74 Å². The number of ether oxygens (including phenoxy) is 1. The summed E-state index contributed by atoms with van der Waals surface area (Å²) >= 11 is 0. The third kappa shape index (κ3) is 5.40. The topological polar surface area (TPSA) is 44.9 Å². The average Bonchev–Trinajstić information content (AvgIpc) is 3.49. The number of para-hydroxylation sites is 1. The second-order valence-electron chi connectivity index (χ2n) is 14.0. The molecule has 7 aromatic rings. The maximum Gasteiger partial charge on any atom is 0.137 e. The Morgan fingerprint density at radius 3 is 2.09 bits per heavy atom. The fourth-order valence-electron chi connectivity index (χ4n) is 7.00. The molecule has 0 radical (unpaired) electrons. The largest absolute Gasteiger partial charge is 0.457 e. The minimum Gasteiger partial charge on any atom is -0.457 e. The molecular weight excluding hydrogens is 576 g/mol. The number of aromatic nitrogens is 4. The van der Waals surface area contributed by atoms with Crippen LogP contribution in [0.15, 0.2) is 91.1 Å². The maximum absolute atomic E-state index is 6.61. The maximum atomic E-state index is 6.61. The predicted octanol–water partition coefficient (Wildman–Crippen LogP) is 11.0. The summed E-state index contributed by atoms with van der Waals surface area (Å²) in [5, 5.41) is 7.42. The van der Waals surface area contributed by atoms with Crippen LogP contribution in [0.5, 0.6) is 11.5 Å². The van der Waals surface area contributed by atoms with Crippen LogP contribution in [0.2, 0.25) is 0 Å². The molecule has 0 aliphatic carbocycles. The summed E-state index contributed by atoms with van der Waals surface area (Å²) in [6.07, 6.45) is 1.87. The van der Waals surface area contributed by atoms with Gasteiger partial charge in [0.2, 0.25) is 0 Å². The molecule has 4 aromatic carbocycles. The molecule has 0 fully saturated rings. The van der Waals surface area contributed by atoms with Crippen LogP contribution >= 0.6 is 0 Å². The second-order valence-corrected chi connectivity index (χ2v) is 14.0. The van der Waals surface area contributed by atoms with Crippen molar-refractivity contribution in [2.24, 2.45) is 0 Å². The molecule has 0 aliphatic rings. The van der Waals surface area contributed by atoms with Crippen LogP contribution in [0.25, 0.3) is 44.4 Å². The Hall–Kier alpha value is -5.16. The van der Waals surface area contributed by atoms with Gasteiger partial charge in [0.05, 0.1) is 22.4 Å². The number of fused-ring (bicyclic) bond motifs is 3. The second kappa shape index (κ2) is 11.3. The molecule has 5 heteroatoms. The number of pyridine rings is 1. The highest BCUT2D eigenvalue weighted by molar-refractivity contribution is 6.09. The van der Waals surface area contributed by atoms with Crippen molar-refractivity contribution in [1.29, 1.82) is 0 Å². The minimum atomic E-state index is 0.0961. The zero-order valence-electron chi connectivity index (χ0n) is 28.9. The van der Waals surface area contributed by atoms with E-state index in [-0.39, 0.29) is 5.41 Å². The zero-order chi connectivity index (χ0) is 33.2. The highest BCUT2D eigenvalue weighted by Crippen LogP contribution is 2.38. The Morgan fingerprint density at radius 1 is 0.638 bits per heavy atom. The predicted molar refractivity (Wildman–Crippen MR) is 195 cm³/mol. The first-order chi connectivity index (χ1) is 22.4. The quantitative estimate of drug-likeness (QED) is 0.193. The van der Waals surface area contributed by atoms with Crippen LogP contribution in [-0.2, 0) is 5.41 Å². The first kappa shape index (κ1) is 30.5. The van der Waals surface area contributed by atoms with E-state index < -0.39 is 0 Å². The van der Waals surface area contributed by atoms with Crippen molar-refractivity contribution in [2.75, 3.05) is 0 Å². The smallest absolute Gasteiger partial charge is 0.137 e. The molecule has 0 N–H and O–H groups in total. The summed E-state index contributed by atoms with van der Waals surface area (Å²) < 4.78 is 10.9. The van der Waals surface area contributed by atoms with Crippen LogP contribution in [0.4, 0.5) is 0 Å².